The zero-order chi connectivity index (χ0) is 14.0. The van der Waals surface area contributed by atoms with Gasteiger partial charge in [-0.25, -0.2) is 0 Å². The lowest BCUT2D eigenvalue weighted by molar-refractivity contribution is -0.143. The average molecular weight is 260 g/mol. The minimum absolute atomic E-state index is 0.646. The molecule has 0 radical (unpaired) electrons. The summed E-state index contributed by atoms with van der Waals surface area (Å²) < 4.78 is 2.10. The van der Waals surface area contributed by atoms with Crippen LogP contribution >= 0.6 is 0 Å². The minimum Gasteiger partial charge on any atom is -0.480 e. The van der Waals surface area contributed by atoms with Gasteiger partial charge in [0.05, 0.1) is 0 Å². The molecule has 4 nitrogen and oxygen atoms in total. The molecule has 1 heterocycles. The maximum atomic E-state index is 11.0. The number of rotatable bonds is 5. The van der Waals surface area contributed by atoms with Crippen LogP contribution in [0.1, 0.15) is 19.4 Å². The Bertz CT molecular complexity index is 599. The molecule has 0 unspecified atom stereocenters. The predicted octanol–water partition coefficient (Wildman–Crippen LogP) is 2.17. The van der Waals surface area contributed by atoms with Gasteiger partial charge >= 0.3 is 5.97 Å². The molecule has 0 spiro atoms. The van der Waals surface area contributed by atoms with Gasteiger partial charge in [-0.1, -0.05) is 18.2 Å². The van der Waals surface area contributed by atoms with Gasteiger partial charge < -0.3 is 15.0 Å². The van der Waals surface area contributed by atoms with Crippen LogP contribution in [0.15, 0.2) is 30.5 Å². The number of carboxylic acids is 1. The van der Waals surface area contributed by atoms with E-state index in [4.69, 9.17) is 5.11 Å². The predicted molar refractivity (Wildman–Crippen MR) is 76.3 cm³/mol. The summed E-state index contributed by atoms with van der Waals surface area (Å²) in [5, 5.41) is 13.4. The normalized spacial score (nSPS) is 11.9. The summed E-state index contributed by atoms with van der Waals surface area (Å²) in [6.07, 6.45) is 2.93. The number of aromatic nitrogens is 1. The van der Waals surface area contributed by atoms with E-state index in [0.29, 0.717) is 6.54 Å². The fourth-order valence-electron chi connectivity index (χ4n) is 2.21. The zero-order valence-electron chi connectivity index (χ0n) is 11.6. The summed E-state index contributed by atoms with van der Waals surface area (Å²) in [5.41, 5.74) is 1.56. The van der Waals surface area contributed by atoms with Crippen LogP contribution < -0.4 is 5.32 Å². The van der Waals surface area contributed by atoms with E-state index >= 15 is 0 Å². The molecule has 0 saturated heterocycles. The van der Waals surface area contributed by atoms with Gasteiger partial charge in [-0.2, -0.15) is 0 Å². The lowest BCUT2D eigenvalue weighted by atomic mass is 10.1. The van der Waals surface area contributed by atoms with Crippen molar-refractivity contribution in [3.8, 4) is 0 Å². The van der Waals surface area contributed by atoms with Gasteiger partial charge in [0.15, 0.2) is 0 Å². The molecule has 0 bridgehead atoms. The molecule has 0 atom stereocenters. The number of carboxylic acid groups (broad SMARTS) is 1. The lowest BCUT2D eigenvalue weighted by Gasteiger charge is -2.20. The summed E-state index contributed by atoms with van der Waals surface area (Å²) in [5.74, 6) is -0.828. The molecular weight excluding hydrogens is 240 g/mol. The number of hydrogen-bond donors (Lipinski definition) is 2. The van der Waals surface area contributed by atoms with E-state index < -0.39 is 11.5 Å². The van der Waals surface area contributed by atoms with Gasteiger partial charge in [0, 0.05) is 30.7 Å². The van der Waals surface area contributed by atoms with Crippen molar-refractivity contribution in [3.05, 3.63) is 36.0 Å². The molecule has 2 N–H and O–H groups in total. The second kappa shape index (κ2) is 5.05. The molecule has 0 saturated carbocycles. The van der Waals surface area contributed by atoms with Gasteiger partial charge in [-0.05, 0) is 31.9 Å². The first-order valence-electron chi connectivity index (χ1n) is 6.43. The van der Waals surface area contributed by atoms with Crippen molar-refractivity contribution in [3.63, 3.8) is 0 Å². The highest BCUT2D eigenvalue weighted by molar-refractivity contribution is 5.84. The topological polar surface area (TPSA) is 54.3 Å². The molecule has 102 valence electrons. The lowest BCUT2D eigenvalue weighted by Crippen LogP contribution is -2.47. The highest BCUT2D eigenvalue weighted by Crippen LogP contribution is 2.20. The molecule has 0 fully saturated rings. The Morgan fingerprint density at radius 1 is 1.37 bits per heavy atom. The number of fused-ring (bicyclic) bond motifs is 1. The molecule has 0 aliphatic heterocycles. The van der Waals surface area contributed by atoms with Crippen molar-refractivity contribution in [2.24, 2.45) is 7.05 Å². The number of carbonyl (C=O) groups is 1. The van der Waals surface area contributed by atoms with E-state index in [-0.39, 0.29) is 0 Å². The smallest absolute Gasteiger partial charge is 0.323 e. The molecular formula is C15H20N2O2. The molecule has 0 amide bonds. The number of nitrogens with zero attached hydrogens (tertiary/aromatic N) is 1. The van der Waals surface area contributed by atoms with Crippen LogP contribution in [0.5, 0.6) is 0 Å². The summed E-state index contributed by atoms with van der Waals surface area (Å²) in [7, 11) is 2.03. The molecule has 1 aromatic heterocycles. The number of benzene rings is 1. The van der Waals surface area contributed by atoms with E-state index in [1.807, 2.05) is 19.2 Å². The highest BCUT2D eigenvalue weighted by Gasteiger charge is 2.25. The van der Waals surface area contributed by atoms with E-state index in [1.54, 1.807) is 13.8 Å². The van der Waals surface area contributed by atoms with Crippen LogP contribution in [0.2, 0.25) is 0 Å². The quantitative estimate of drug-likeness (QED) is 0.866. The number of aliphatic carboxylic acids is 1. The first-order valence-corrected chi connectivity index (χ1v) is 6.43. The standard InChI is InChI=1S/C15H20N2O2/c1-15(2,14(18)19)16-9-8-11-10-17(3)13-7-5-4-6-12(11)13/h4-7,10,16H,8-9H2,1-3H3,(H,18,19). The van der Waals surface area contributed by atoms with Crippen LogP contribution in [0.4, 0.5) is 0 Å². The fraction of sp³-hybridized carbons (Fsp3) is 0.400. The molecule has 2 rings (SSSR count). The molecule has 4 heteroatoms. The van der Waals surface area contributed by atoms with Gasteiger partial charge in [0.25, 0.3) is 0 Å². The maximum Gasteiger partial charge on any atom is 0.323 e. The van der Waals surface area contributed by atoms with Crippen molar-refractivity contribution in [1.82, 2.24) is 9.88 Å². The molecule has 1 aromatic carbocycles. The zero-order valence-corrected chi connectivity index (χ0v) is 11.6. The van der Waals surface area contributed by atoms with Crippen molar-refractivity contribution >= 4 is 16.9 Å². The highest BCUT2D eigenvalue weighted by atomic mass is 16.4. The van der Waals surface area contributed by atoms with E-state index in [9.17, 15) is 4.79 Å². The number of nitrogens with one attached hydrogen (secondary N) is 1. The molecule has 2 aromatic rings. The Kier molecular flexibility index (Phi) is 3.62. The number of aryl methyl sites for hydroxylation is 1. The second-order valence-electron chi connectivity index (χ2n) is 5.39. The van der Waals surface area contributed by atoms with Crippen LogP contribution in [-0.4, -0.2) is 27.7 Å². The first-order chi connectivity index (χ1) is 8.92. The Balaban J connectivity index is 2.09. The number of hydrogen-bond acceptors (Lipinski definition) is 2. The minimum atomic E-state index is -0.884. The SMILES string of the molecule is Cn1cc(CCNC(C)(C)C(=O)O)c2ccccc21. The fourth-order valence-corrected chi connectivity index (χ4v) is 2.21. The average Bonchev–Trinajstić information content (AvgIpc) is 2.67. The summed E-state index contributed by atoms with van der Waals surface area (Å²) in [6, 6.07) is 8.25. The van der Waals surface area contributed by atoms with E-state index in [0.717, 1.165) is 6.42 Å². The summed E-state index contributed by atoms with van der Waals surface area (Å²) in [4.78, 5) is 11.0. The summed E-state index contributed by atoms with van der Waals surface area (Å²) in [6.45, 7) is 4.00. The Hall–Kier alpha value is -1.81. The van der Waals surface area contributed by atoms with Crippen LogP contribution in [0.25, 0.3) is 10.9 Å². The van der Waals surface area contributed by atoms with Gasteiger partial charge in [0.1, 0.15) is 5.54 Å². The molecule has 0 aliphatic rings. The first kappa shape index (κ1) is 13.6. The van der Waals surface area contributed by atoms with Gasteiger partial charge in [0.2, 0.25) is 0 Å². The largest absolute Gasteiger partial charge is 0.480 e. The van der Waals surface area contributed by atoms with Crippen LogP contribution in [0.3, 0.4) is 0 Å². The third-order valence-corrected chi connectivity index (χ3v) is 3.48. The van der Waals surface area contributed by atoms with E-state index in [1.165, 1.54) is 16.5 Å². The van der Waals surface area contributed by atoms with Crippen LogP contribution in [-0.2, 0) is 18.3 Å². The van der Waals surface area contributed by atoms with Gasteiger partial charge in [-0.3, -0.25) is 4.79 Å². The third-order valence-electron chi connectivity index (χ3n) is 3.48. The van der Waals surface area contributed by atoms with Crippen molar-refractivity contribution in [2.75, 3.05) is 6.54 Å². The molecule has 0 aliphatic carbocycles. The molecule has 19 heavy (non-hydrogen) atoms. The second-order valence-corrected chi connectivity index (χ2v) is 5.39. The van der Waals surface area contributed by atoms with Crippen molar-refractivity contribution in [2.45, 2.75) is 25.8 Å². The maximum absolute atomic E-state index is 11.0. The van der Waals surface area contributed by atoms with Crippen molar-refractivity contribution in [1.29, 1.82) is 0 Å². The Morgan fingerprint density at radius 3 is 2.74 bits per heavy atom. The summed E-state index contributed by atoms with van der Waals surface area (Å²) >= 11 is 0. The number of para-hydroxylation sites is 1. The Morgan fingerprint density at radius 2 is 2.05 bits per heavy atom. The monoisotopic (exact) mass is 260 g/mol. The van der Waals surface area contributed by atoms with Crippen molar-refractivity contribution < 1.29 is 9.90 Å². The van der Waals surface area contributed by atoms with Crippen LogP contribution in [0, 0.1) is 0 Å². The van der Waals surface area contributed by atoms with E-state index in [2.05, 4.69) is 28.2 Å². The Labute approximate surface area is 113 Å². The third kappa shape index (κ3) is 2.79. The van der Waals surface area contributed by atoms with Gasteiger partial charge in [-0.15, -0.1) is 0 Å².